The molecule has 0 atom stereocenters. The summed E-state index contributed by atoms with van der Waals surface area (Å²) in [6.45, 7) is -0.277. The third-order valence-electron chi connectivity index (χ3n) is 4.30. The fourth-order valence-electron chi connectivity index (χ4n) is 2.89. The summed E-state index contributed by atoms with van der Waals surface area (Å²) in [5.74, 6) is -1.17. The number of carbonyl (C=O) groups excluding carboxylic acids is 1. The van der Waals surface area contributed by atoms with Crippen molar-refractivity contribution in [3.8, 4) is 0 Å². The van der Waals surface area contributed by atoms with Crippen LogP contribution in [0.4, 0.5) is 0 Å². The predicted octanol–water partition coefficient (Wildman–Crippen LogP) is 4.26. The predicted molar refractivity (Wildman–Crippen MR) is 109 cm³/mol. The Bertz CT molecular complexity index is 1250. The van der Waals surface area contributed by atoms with Gasteiger partial charge < -0.3 is 9.15 Å². The van der Waals surface area contributed by atoms with Crippen molar-refractivity contribution in [2.24, 2.45) is 0 Å². The highest BCUT2D eigenvalue weighted by molar-refractivity contribution is 7.98. The second kappa shape index (κ2) is 7.69. The summed E-state index contributed by atoms with van der Waals surface area (Å²) in [4.78, 5) is 29.7. The summed E-state index contributed by atoms with van der Waals surface area (Å²) in [5.41, 5.74) is 2.35. The molecule has 142 valence electrons. The molecule has 2 aromatic heterocycles. The monoisotopic (exact) mass is 414 g/mol. The number of hydrogen-bond donors (Lipinski definition) is 0. The molecule has 28 heavy (non-hydrogen) atoms. The van der Waals surface area contributed by atoms with Crippen LogP contribution < -0.4 is 5.76 Å². The van der Waals surface area contributed by atoms with Gasteiger partial charge in [-0.2, -0.15) is 0 Å². The zero-order chi connectivity index (χ0) is 19.7. The number of rotatable bonds is 5. The third-order valence-corrected chi connectivity index (χ3v) is 5.35. The Morgan fingerprint density at radius 2 is 2.07 bits per heavy atom. The number of hydrogen-bond acceptors (Lipinski definition) is 6. The SMILES string of the molecule is CSc1ccc2cc(COC(=O)Cn3c(=O)oc4ccccc43)c(Cl)nc2c1. The van der Waals surface area contributed by atoms with Gasteiger partial charge in [0.2, 0.25) is 0 Å². The van der Waals surface area contributed by atoms with E-state index in [9.17, 15) is 9.59 Å². The number of ether oxygens (including phenoxy) is 1. The van der Waals surface area contributed by atoms with Crippen molar-refractivity contribution in [3.63, 3.8) is 0 Å². The average Bonchev–Trinajstić information content (AvgIpc) is 3.01. The smallest absolute Gasteiger partial charge is 0.420 e. The lowest BCUT2D eigenvalue weighted by Gasteiger charge is -2.09. The van der Waals surface area contributed by atoms with E-state index in [1.807, 2.05) is 30.5 Å². The molecule has 0 saturated heterocycles. The number of benzene rings is 2. The van der Waals surface area contributed by atoms with E-state index >= 15 is 0 Å². The van der Waals surface area contributed by atoms with E-state index < -0.39 is 11.7 Å². The maximum Gasteiger partial charge on any atom is 0.420 e. The molecule has 2 aromatic carbocycles. The van der Waals surface area contributed by atoms with E-state index in [-0.39, 0.29) is 18.3 Å². The number of thioether (sulfide) groups is 1. The molecule has 0 bridgehead atoms. The fourth-order valence-corrected chi connectivity index (χ4v) is 3.53. The van der Waals surface area contributed by atoms with Crippen molar-refractivity contribution in [2.45, 2.75) is 18.0 Å². The molecule has 4 rings (SSSR count). The molecule has 2 heterocycles. The summed E-state index contributed by atoms with van der Waals surface area (Å²) in [5, 5.41) is 1.19. The van der Waals surface area contributed by atoms with Gasteiger partial charge in [-0.15, -0.1) is 11.8 Å². The number of esters is 1. The molecule has 0 aliphatic heterocycles. The van der Waals surface area contributed by atoms with Gasteiger partial charge in [0.1, 0.15) is 18.3 Å². The van der Waals surface area contributed by atoms with E-state index in [1.54, 1.807) is 36.0 Å². The third kappa shape index (κ3) is 3.63. The van der Waals surface area contributed by atoms with Gasteiger partial charge in [-0.05, 0) is 36.6 Å². The molecule has 0 unspecified atom stereocenters. The van der Waals surface area contributed by atoms with Gasteiger partial charge in [0.25, 0.3) is 0 Å². The Kier molecular flexibility index (Phi) is 5.11. The molecule has 6 nitrogen and oxygen atoms in total. The number of halogens is 1. The Morgan fingerprint density at radius 1 is 1.25 bits per heavy atom. The second-order valence-corrected chi connectivity index (χ2v) is 7.32. The molecular formula is C20H15ClN2O4S. The number of pyridine rings is 1. The fraction of sp³-hybridized carbons (Fsp3) is 0.150. The zero-order valence-corrected chi connectivity index (χ0v) is 16.4. The van der Waals surface area contributed by atoms with Crippen LogP contribution in [-0.4, -0.2) is 21.8 Å². The minimum absolute atomic E-state index is 0.0323. The maximum absolute atomic E-state index is 12.2. The van der Waals surface area contributed by atoms with Gasteiger partial charge in [-0.3, -0.25) is 9.36 Å². The van der Waals surface area contributed by atoms with Crippen molar-refractivity contribution >= 4 is 51.3 Å². The zero-order valence-electron chi connectivity index (χ0n) is 14.8. The standard InChI is InChI=1S/C20H15ClN2O4S/c1-28-14-7-6-12-8-13(19(21)22-15(12)9-14)11-26-18(24)10-23-16-4-2-3-5-17(16)27-20(23)25/h2-9H,10-11H2,1H3. The summed E-state index contributed by atoms with van der Waals surface area (Å²) < 4.78 is 11.7. The highest BCUT2D eigenvalue weighted by atomic mass is 35.5. The Labute approximate surface area is 169 Å². The van der Waals surface area contributed by atoms with Crippen molar-refractivity contribution in [1.82, 2.24) is 9.55 Å². The highest BCUT2D eigenvalue weighted by Gasteiger charge is 2.14. The van der Waals surface area contributed by atoms with E-state index in [0.717, 1.165) is 15.8 Å². The van der Waals surface area contributed by atoms with Crippen molar-refractivity contribution in [3.05, 3.63) is 69.8 Å². The molecule has 8 heteroatoms. The molecule has 0 saturated carbocycles. The first-order valence-electron chi connectivity index (χ1n) is 8.42. The van der Waals surface area contributed by atoms with Crippen LogP contribution in [0.2, 0.25) is 5.15 Å². The summed E-state index contributed by atoms with van der Waals surface area (Å²) in [7, 11) is 0. The van der Waals surface area contributed by atoms with Gasteiger partial charge in [-0.25, -0.2) is 9.78 Å². The topological polar surface area (TPSA) is 74.3 Å². The van der Waals surface area contributed by atoms with Crippen LogP contribution in [0.1, 0.15) is 5.56 Å². The molecule has 0 amide bonds. The van der Waals surface area contributed by atoms with E-state index in [0.29, 0.717) is 16.7 Å². The number of nitrogens with zero attached hydrogens (tertiary/aromatic N) is 2. The average molecular weight is 415 g/mol. The minimum Gasteiger partial charge on any atom is -0.459 e. The summed E-state index contributed by atoms with van der Waals surface area (Å²) in [6, 6.07) is 14.6. The molecule has 0 N–H and O–H groups in total. The first kappa shape index (κ1) is 18.6. The Morgan fingerprint density at radius 3 is 2.89 bits per heavy atom. The van der Waals surface area contributed by atoms with Gasteiger partial charge in [0.05, 0.1) is 11.0 Å². The molecular weight excluding hydrogens is 400 g/mol. The number of aromatic nitrogens is 2. The molecule has 4 aromatic rings. The lowest BCUT2D eigenvalue weighted by molar-refractivity contribution is -0.145. The Hall–Kier alpha value is -2.77. The number of oxazole rings is 1. The van der Waals surface area contributed by atoms with Gasteiger partial charge in [0, 0.05) is 15.8 Å². The van der Waals surface area contributed by atoms with Crippen LogP contribution in [0.3, 0.4) is 0 Å². The van der Waals surface area contributed by atoms with E-state index in [1.165, 1.54) is 4.57 Å². The molecule has 0 radical (unpaired) electrons. The molecule has 0 aliphatic rings. The van der Waals surface area contributed by atoms with E-state index in [4.69, 9.17) is 20.8 Å². The molecule has 0 fully saturated rings. The number of fused-ring (bicyclic) bond motifs is 2. The van der Waals surface area contributed by atoms with Crippen LogP contribution in [0.15, 0.2) is 62.6 Å². The minimum atomic E-state index is -0.604. The largest absolute Gasteiger partial charge is 0.459 e. The summed E-state index contributed by atoms with van der Waals surface area (Å²) >= 11 is 7.87. The van der Waals surface area contributed by atoms with E-state index in [2.05, 4.69) is 4.98 Å². The molecule has 0 spiro atoms. The number of para-hydroxylation sites is 2. The van der Waals surface area contributed by atoms with Crippen LogP contribution >= 0.6 is 23.4 Å². The first-order chi connectivity index (χ1) is 13.5. The van der Waals surface area contributed by atoms with Gasteiger partial charge >= 0.3 is 11.7 Å². The first-order valence-corrected chi connectivity index (χ1v) is 10.0. The van der Waals surface area contributed by atoms with Crippen molar-refractivity contribution in [2.75, 3.05) is 6.26 Å². The van der Waals surface area contributed by atoms with Crippen LogP contribution in [0.5, 0.6) is 0 Å². The lowest BCUT2D eigenvalue weighted by atomic mass is 10.2. The normalized spacial score (nSPS) is 11.2. The van der Waals surface area contributed by atoms with Gasteiger partial charge in [0.15, 0.2) is 5.58 Å². The van der Waals surface area contributed by atoms with Crippen LogP contribution in [-0.2, 0) is 22.7 Å². The van der Waals surface area contributed by atoms with Crippen LogP contribution in [0.25, 0.3) is 22.0 Å². The second-order valence-electron chi connectivity index (χ2n) is 6.08. The Balaban J connectivity index is 1.51. The van der Waals surface area contributed by atoms with Crippen LogP contribution in [0, 0.1) is 0 Å². The maximum atomic E-state index is 12.2. The number of carbonyl (C=O) groups is 1. The quantitative estimate of drug-likeness (QED) is 0.276. The summed E-state index contributed by atoms with van der Waals surface area (Å²) in [6.07, 6.45) is 1.99. The van der Waals surface area contributed by atoms with Crippen molar-refractivity contribution < 1.29 is 13.9 Å². The lowest BCUT2D eigenvalue weighted by Crippen LogP contribution is -2.21. The highest BCUT2D eigenvalue weighted by Crippen LogP contribution is 2.25. The van der Waals surface area contributed by atoms with Gasteiger partial charge in [-0.1, -0.05) is 29.8 Å². The van der Waals surface area contributed by atoms with Crippen molar-refractivity contribution in [1.29, 1.82) is 0 Å². The molecule has 0 aliphatic carbocycles.